The molecule has 1 fully saturated rings. The molecule has 0 unspecified atom stereocenters. The molecular formula is C20H18F2N4O2S. The molecule has 1 aliphatic heterocycles. The maximum absolute atomic E-state index is 14.0. The summed E-state index contributed by atoms with van der Waals surface area (Å²) in [5.41, 5.74) is 0.254. The quantitative estimate of drug-likeness (QED) is 0.661. The van der Waals surface area contributed by atoms with Crippen molar-refractivity contribution in [1.82, 2.24) is 14.7 Å². The van der Waals surface area contributed by atoms with Gasteiger partial charge in [-0.05, 0) is 50.2 Å². The highest BCUT2D eigenvalue weighted by Crippen LogP contribution is 2.31. The van der Waals surface area contributed by atoms with Gasteiger partial charge in [0.15, 0.2) is 0 Å². The van der Waals surface area contributed by atoms with E-state index in [0.717, 1.165) is 49.6 Å². The van der Waals surface area contributed by atoms with Gasteiger partial charge in [-0.3, -0.25) is 4.79 Å². The van der Waals surface area contributed by atoms with Crippen molar-refractivity contribution in [2.24, 2.45) is 0 Å². The molecule has 150 valence electrons. The molecule has 2 N–H and O–H groups in total. The minimum atomic E-state index is -0.741. The number of nitrogens with one attached hydrogen (secondary N) is 2. The third kappa shape index (κ3) is 4.41. The van der Waals surface area contributed by atoms with Gasteiger partial charge in [-0.2, -0.15) is 4.37 Å². The molecule has 0 bridgehead atoms. The Morgan fingerprint density at radius 3 is 2.62 bits per heavy atom. The zero-order valence-corrected chi connectivity index (χ0v) is 16.1. The molecule has 0 aliphatic carbocycles. The molecule has 0 spiro atoms. The predicted octanol–water partition coefficient (Wildman–Crippen LogP) is 3.87. The van der Waals surface area contributed by atoms with Crippen LogP contribution < -0.4 is 15.4 Å². The average Bonchev–Trinajstić information content (AvgIpc) is 3.15. The molecule has 0 saturated carbocycles. The first-order valence-electron chi connectivity index (χ1n) is 9.16. The number of hydrogen-bond acceptors (Lipinski definition) is 6. The van der Waals surface area contributed by atoms with Crippen LogP contribution in [0.5, 0.6) is 5.06 Å². The zero-order valence-electron chi connectivity index (χ0n) is 15.3. The standard InChI is InChI=1S/C20H18F2N4O2S/c21-13-3-1-4-14(22)18(13)15-5-2-6-16(25-15)19(27)26-17-11-24-29-20(17)28-12-7-9-23-10-8-12/h1-6,11-12,23H,7-10H2,(H,26,27). The van der Waals surface area contributed by atoms with Crippen molar-refractivity contribution in [3.63, 3.8) is 0 Å². The number of nitrogens with zero attached hydrogens (tertiary/aromatic N) is 2. The smallest absolute Gasteiger partial charge is 0.274 e. The van der Waals surface area contributed by atoms with Crippen molar-refractivity contribution in [2.75, 3.05) is 18.4 Å². The highest BCUT2D eigenvalue weighted by molar-refractivity contribution is 7.08. The predicted molar refractivity (Wildman–Crippen MR) is 106 cm³/mol. The monoisotopic (exact) mass is 416 g/mol. The van der Waals surface area contributed by atoms with E-state index < -0.39 is 17.5 Å². The third-order valence-corrected chi connectivity index (χ3v) is 5.24. The lowest BCUT2D eigenvalue weighted by atomic mass is 10.1. The highest BCUT2D eigenvalue weighted by Gasteiger charge is 2.20. The number of carbonyl (C=O) groups is 1. The normalized spacial score (nSPS) is 14.6. The van der Waals surface area contributed by atoms with Gasteiger partial charge in [-0.25, -0.2) is 13.8 Å². The number of rotatable bonds is 5. The maximum atomic E-state index is 14.0. The third-order valence-electron chi connectivity index (χ3n) is 4.55. The minimum Gasteiger partial charge on any atom is -0.478 e. The summed E-state index contributed by atoms with van der Waals surface area (Å²) < 4.78 is 38.1. The highest BCUT2D eigenvalue weighted by atomic mass is 32.1. The van der Waals surface area contributed by atoms with Gasteiger partial charge in [0.1, 0.15) is 29.1 Å². The van der Waals surface area contributed by atoms with E-state index >= 15 is 0 Å². The summed E-state index contributed by atoms with van der Waals surface area (Å²) in [6.07, 6.45) is 3.34. The summed E-state index contributed by atoms with van der Waals surface area (Å²) in [6.45, 7) is 1.77. The van der Waals surface area contributed by atoms with E-state index in [1.54, 1.807) is 0 Å². The number of carbonyl (C=O) groups excluding carboxylic acids is 1. The van der Waals surface area contributed by atoms with Crippen LogP contribution in [0.4, 0.5) is 14.5 Å². The Hall–Kier alpha value is -2.91. The summed E-state index contributed by atoms with van der Waals surface area (Å²) in [6, 6.07) is 8.03. The number of piperidine rings is 1. The van der Waals surface area contributed by atoms with Crippen LogP contribution in [0.1, 0.15) is 23.3 Å². The average molecular weight is 416 g/mol. The topological polar surface area (TPSA) is 76.1 Å². The first-order valence-corrected chi connectivity index (χ1v) is 9.94. The Balaban J connectivity index is 1.52. The number of anilines is 1. The second-order valence-corrected chi connectivity index (χ2v) is 7.32. The Morgan fingerprint density at radius 1 is 1.14 bits per heavy atom. The molecule has 3 heterocycles. The number of amides is 1. The van der Waals surface area contributed by atoms with Gasteiger partial charge in [-0.15, -0.1) is 0 Å². The van der Waals surface area contributed by atoms with Gasteiger partial charge in [0.25, 0.3) is 5.91 Å². The molecule has 1 amide bonds. The van der Waals surface area contributed by atoms with Gasteiger partial charge in [0.05, 0.1) is 17.5 Å². The van der Waals surface area contributed by atoms with Crippen LogP contribution >= 0.6 is 11.5 Å². The molecule has 1 aliphatic rings. The molecule has 6 nitrogen and oxygen atoms in total. The summed E-state index contributed by atoms with van der Waals surface area (Å²) >= 11 is 1.16. The van der Waals surface area contributed by atoms with Gasteiger partial charge < -0.3 is 15.4 Å². The van der Waals surface area contributed by atoms with Crippen molar-refractivity contribution in [3.8, 4) is 16.3 Å². The van der Waals surface area contributed by atoms with Crippen LogP contribution in [-0.4, -0.2) is 34.5 Å². The number of benzene rings is 1. The minimum absolute atomic E-state index is 0.0316. The van der Waals surface area contributed by atoms with Crippen LogP contribution in [0.2, 0.25) is 0 Å². The van der Waals surface area contributed by atoms with Crippen LogP contribution in [-0.2, 0) is 0 Å². The van der Waals surface area contributed by atoms with E-state index in [0.29, 0.717) is 10.8 Å². The van der Waals surface area contributed by atoms with Crippen LogP contribution in [0.25, 0.3) is 11.3 Å². The van der Waals surface area contributed by atoms with E-state index in [2.05, 4.69) is 20.0 Å². The SMILES string of the molecule is O=C(Nc1cnsc1OC1CCNCC1)c1cccc(-c2c(F)cccc2F)n1. The Morgan fingerprint density at radius 2 is 1.86 bits per heavy atom. The second kappa shape index (κ2) is 8.62. The van der Waals surface area contributed by atoms with Gasteiger partial charge in [0, 0.05) is 11.5 Å². The number of aromatic nitrogens is 2. The van der Waals surface area contributed by atoms with Crippen LogP contribution in [0.3, 0.4) is 0 Å². The van der Waals surface area contributed by atoms with E-state index in [-0.39, 0.29) is 23.1 Å². The lowest BCUT2D eigenvalue weighted by Crippen LogP contribution is -2.34. The molecule has 0 atom stereocenters. The van der Waals surface area contributed by atoms with Gasteiger partial charge in [-0.1, -0.05) is 12.1 Å². The van der Waals surface area contributed by atoms with Crippen molar-refractivity contribution in [2.45, 2.75) is 18.9 Å². The fourth-order valence-electron chi connectivity index (χ4n) is 3.09. The Kier molecular flexibility index (Phi) is 5.77. The Bertz CT molecular complexity index is 1000. The fraction of sp³-hybridized carbons (Fsp3) is 0.250. The number of pyridine rings is 1. The van der Waals surface area contributed by atoms with E-state index in [9.17, 15) is 13.6 Å². The van der Waals surface area contributed by atoms with Gasteiger partial charge in [0.2, 0.25) is 5.06 Å². The van der Waals surface area contributed by atoms with Crippen LogP contribution in [0, 0.1) is 11.6 Å². The first kappa shape index (κ1) is 19.4. The lowest BCUT2D eigenvalue weighted by Gasteiger charge is -2.23. The van der Waals surface area contributed by atoms with Crippen molar-refractivity contribution < 1.29 is 18.3 Å². The summed E-state index contributed by atoms with van der Waals surface area (Å²) in [5, 5.41) is 6.52. The molecule has 1 aromatic carbocycles. The molecule has 1 saturated heterocycles. The summed E-state index contributed by atoms with van der Waals surface area (Å²) in [5.74, 6) is -2.00. The van der Waals surface area contributed by atoms with Crippen molar-refractivity contribution in [1.29, 1.82) is 0 Å². The Labute approximate surface area is 170 Å². The van der Waals surface area contributed by atoms with E-state index in [1.807, 2.05) is 0 Å². The fourth-order valence-corrected chi connectivity index (χ4v) is 3.73. The molecule has 4 rings (SSSR count). The maximum Gasteiger partial charge on any atom is 0.274 e. The molecule has 9 heteroatoms. The molecule has 29 heavy (non-hydrogen) atoms. The zero-order chi connectivity index (χ0) is 20.2. The van der Waals surface area contributed by atoms with Crippen molar-refractivity contribution in [3.05, 3.63) is 59.9 Å². The number of ether oxygens (including phenoxy) is 1. The largest absolute Gasteiger partial charge is 0.478 e. The van der Waals surface area contributed by atoms with Crippen LogP contribution in [0.15, 0.2) is 42.6 Å². The molecule has 0 radical (unpaired) electrons. The number of hydrogen-bond donors (Lipinski definition) is 2. The van der Waals surface area contributed by atoms with E-state index in [1.165, 1.54) is 30.5 Å². The summed E-state index contributed by atoms with van der Waals surface area (Å²) in [7, 11) is 0. The molecule has 3 aromatic rings. The lowest BCUT2D eigenvalue weighted by molar-refractivity contribution is 0.102. The second-order valence-electron chi connectivity index (χ2n) is 6.55. The summed E-state index contributed by atoms with van der Waals surface area (Å²) in [4.78, 5) is 16.8. The molecular weight excluding hydrogens is 398 g/mol. The first-order chi connectivity index (χ1) is 14.1. The van der Waals surface area contributed by atoms with Gasteiger partial charge >= 0.3 is 0 Å². The van der Waals surface area contributed by atoms with E-state index in [4.69, 9.17) is 4.74 Å². The van der Waals surface area contributed by atoms with Crippen molar-refractivity contribution >= 4 is 23.1 Å². The molecule has 2 aromatic heterocycles. The number of halogens is 2.